The number of sulfonamides is 1. The zero-order valence-corrected chi connectivity index (χ0v) is 27.0. The smallest absolute Gasteiger partial charge is 0.244 e. The highest BCUT2D eigenvalue weighted by Gasteiger charge is 2.33. The van der Waals surface area contributed by atoms with Crippen molar-refractivity contribution in [2.24, 2.45) is 5.92 Å². The minimum absolute atomic E-state index is 0.0204. The van der Waals surface area contributed by atoms with Gasteiger partial charge in [-0.1, -0.05) is 73.4 Å². The highest BCUT2D eigenvalue weighted by Crippen LogP contribution is 2.25. The van der Waals surface area contributed by atoms with Crippen molar-refractivity contribution in [3.63, 3.8) is 0 Å². The zero-order valence-electron chi connectivity index (χ0n) is 22.5. The molecule has 0 saturated heterocycles. The first-order valence-electron chi connectivity index (χ1n) is 12.6. The van der Waals surface area contributed by atoms with Crippen LogP contribution >= 0.6 is 45.8 Å². The maximum atomic E-state index is 14.1. The molecule has 1 N–H and O–H groups in total. The third-order valence-corrected chi connectivity index (χ3v) is 8.69. The van der Waals surface area contributed by atoms with Crippen LogP contribution in [-0.2, 0) is 32.6 Å². The molecule has 0 saturated carbocycles. The molecule has 3 aromatic rings. The van der Waals surface area contributed by atoms with E-state index in [1.165, 1.54) is 4.90 Å². The summed E-state index contributed by atoms with van der Waals surface area (Å²) >= 11 is 14.5. The molecule has 0 radical (unpaired) electrons. The molecule has 11 heteroatoms. The standard InChI is InChI=1S/C29H32Cl2IN3O4S/c1-20(2)17-33-29(37)27(16-21-7-5-4-6-8-21)34(18-22-9-14-25(30)26(31)15-22)28(36)19-35(40(3,38)39)24-12-10-23(32)11-13-24/h4-15,20,27H,16-19H2,1-3H3,(H,33,37)/t27-/m0/s1. The van der Waals surface area contributed by atoms with Gasteiger partial charge >= 0.3 is 0 Å². The average molecular weight is 716 g/mol. The van der Waals surface area contributed by atoms with Gasteiger partial charge < -0.3 is 10.2 Å². The molecule has 1 atom stereocenters. The molecule has 3 rings (SSSR count). The third kappa shape index (κ3) is 9.36. The molecule has 0 aliphatic carbocycles. The number of hydrogen-bond donors (Lipinski definition) is 1. The van der Waals surface area contributed by atoms with Crippen molar-refractivity contribution in [2.45, 2.75) is 32.9 Å². The molecule has 0 bridgehead atoms. The SMILES string of the molecule is CC(C)CNC(=O)[C@H](Cc1ccccc1)N(Cc1ccc(Cl)c(Cl)c1)C(=O)CN(c1ccc(I)cc1)S(C)(=O)=O. The molecule has 0 spiro atoms. The lowest BCUT2D eigenvalue weighted by molar-refractivity contribution is -0.140. The Kier molecular flexibility index (Phi) is 11.7. The number of nitrogens with one attached hydrogen (secondary N) is 1. The van der Waals surface area contributed by atoms with Crippen molar-refractivity contribution in [3.8, 4) is 0 Å². The lowest BCUT2D eigenvalue weighted by Crippen LogP contribution is -2.53. The van der Waals surface area contributed by atoms with Crippen molar-refractivity contribution in [1.29, 1.82) is 0 Å². The topological polar surface area (TPSA) is 86.8 Å². The van der Waals surface area contributed by atoms with Gasteiger partial charge in [0.25, 0.3) is 0 Å². The summed E-state index contributed by atoms with van der Waals surface area (Å²) in [4.78, 5) is 29.1. The summed E-state index contributed by atoms with van der Waals surface area (Å²) in [6.45, 7) is 3.93. The highest BCUT2D eigenvalue weighted by molar-refractivity contribution is 14.1. The molecule has 7 nitrogen and oxygen atoms in total. The van der Waals surface area contributed by atoms with Crippen molar-refractivity contribution < 1.29 is 18.0 Å². The Hall–Kier alpha value is -2.34. The lowest BCUT2D eigenvalue weighted by atomic mass is 10.0. The number of anilines is 1. The number of benzene rings is 3. The van der Waals surface area contributed by atoms with E-state index in [4.69, 9.17) is 23.2 Å². The van der Waals surface area contributed by atoms with Crippen LogP contribution in [0.4, 0.5) is 5.69 Å². The molecular formula is C29H32Cl2IN3O4S. The van der Waals surface area contributed by atoms with E-state index in [-0.39, 0.29) is 24.8 Å². The summed E-state index contributed by atoms with van der Waals surface area (Å²) in [6.07, 6.45) is 1.29. The van der Waals surface area contributed by atoms with Crippen LogP contribution < -0.4 is 9.62 Å². The minimum atomic E-state index is -3.83. The average Bonchev–Trinajstić information content (AvgIpc) is 2.90. The fourth-order valence-corrected chi connectivity index (χ4v) is 5.56. The van der Waals surface area contributed by atoms with Gasteiger partial charge in [-0.25, -0.2) is 8.42 Å². The summed E-state index contributed by atoms with van der Waals surface area (Å²) in [5, 5.41) is 3.63. The molecule has 0 fully saturated rings. The summed E-state index contributed by atoms with van der Waals surface area (Å²) in [6, 6.07) is 20.3. The van der Waals surface area contributed by atoms with Crippen molar-refractivity contribution >= 4 is 73.3 Å². The van der Waals surface area contributed by atoms with Gasteiger partial charge in [-0.3, -0.25) is 13.9 Å². The van der Waals surface area contributed by atoms with Crippen molar-refractivity contribution in [3.05, 3.63) is 97.5 Å². The second-order valence-electron chi connectivity index (χ2n) is 9.86. The van der Waals surface area contributed by atoms with E-state index in [9.17, 15) is 18.0 Å². The van der Waals surface area contributed by atoms with E-state index in [2.05, 4.69) is 27.9 Å². The van der Waals surface area contributed by atoms with Gasteiger partial charge in [-0.15, -0.1) is 0 Å². The lowest BCUT2D eigenvalue weighted by Gasteiger charge is -2.33. The molecule has 214 valence electrons. The number of nitrogens with zero attached hydrogens (tertiary/aromatic N) is 2. The van der Waals surface area contributed by atoms with Crippen LogP contribution in [0.25, 0.3) is 0 Å². The van der Waals surface area contributed by atoms with Crippen LogP contribution in [0.5, 0.6) is 0 Å². The van der Waals surface area contributed by atoms with Crippen LogP contribution in [-0.4, -0.2) is 50.5 Å². The Bertz CT molecular complexity index is 1420. The Morgan fingerprint density at radius 3 is 2.15 bits per heavy atom. The highest BCUT2D eigenvalue weighted by atomic mass is 127. The first kappa shape index (κ1) is 32.2. The summed E-state index contributed by atoms with van der Waals surface area (Å²) < 4.78 is 27.6. The Morgan fingerprint density at radius 2 is 1.57 bits per heavy atom. The van der Waals surface area contributed by atoms with E-state index in [1.54, 1.807) is 42.5 Å². The van der Waals surface area contributed by atoms with E-state index in [0.717, 1.165) is 19.7 Å². The molecule has 0 unspecified atom stereocenters. The quantitative estimate of drug-likeness (QED) is 0.241. The molecule has 0 aliphatic heterocycles. The second-order valence-corrected chi connectivity index (χ2v) is 13.8. The molecule has 0 aromatic heterocycles. The van der Waals surface area contributed by atoms with Crippen LogP contribution in [0.1, 0.15) is 25.0 Å². The summed E-state index contributed by atoms with van der Waals surface area (Å²) in [7, 11) is -3.83. The monoisotopic (exact) mass is 715 g/mol. The third-order valence-electron chi connectivity index (χ3n) is 6.09. The Morgan fingerprint density at radius 1 is 0.925 bits per heavy atom. The van der Waals surface area contributed by atoms with Gasteiger partial charge in [-0.05, 0) is 76.0 Å². The van der Waals surface area contributed by atoms with Gasteiger partial charge in [0.2, 0.25) is 21.8 Å². The van der Waals surface area contributed by atoms with E-state index >= 15 is 0 Å². The van der Waals surface area contributed by atoms with Gasteiger partial charge in [0.15, 0.2) is 0 Å². The van der Waals surface area contributed by atoms with Gasteiger partial charge in [0, 0.05) is 23.1 Å². The largest absolute Gasteiger partial charge is 0.354 e. The van der Waals surface area contributed by atoms with Gasteiger partial charge in [0.1, 0.15) is 12.6 Å². The summed E-state index contributed by atoms with van der Waals surface area (Å²) in [5.41, 5.74) is 1.86. The molecule has 40 heavy (non-hydrogen) atoms. The van der Waals surface area contributed by atoms with E-state index < -0.39 is 28.5 Å². The predicted molar refractivity (Wildman–Crippen MR) is 170 cm³/mol. The normalized spacial score (nSPS) is 12.2. The predicted octanol–water partition coefficient (Wildman–Crippen LogP) is 5.78. The van der Waals surface area contributed by atoms with Crippen LogP contribution in [0.2, 0.25) is 10.0 Å². The molecule has 0 aliphatic rings. The number of hydrogen-bond acceptors (Lipinski definition) is 4. The Balaban J connectivity index is 2.06. The summed E-state index contributed by atoms with van der Waals surface area (Å²) in [5.74, 6) is -0.663. The minimum Gasteiger partial charge on any atom is -0.354 e. The van der Waals surface area contributed by atoms with Crippen molar-refractivity contribution in [2.75, 3.05) is 23.7 Å². The fourth-order valence-electron chi connectivity index (χ4n) is 4.03. The first-order chi connectivity index (χ1) is 18.8. The van der Waals surface area contributed by atoms with E-state index in [0.29, 0.717) is 27.8 Å². The van der Waals surface area contributed by atoms with Crippen LogP contribution in [0.15, 0.2) is 72.8 Å². The van der Waals surface area contributed by atoms with Gasteiger partial charge in [-0.2, -0.15) is 0 Å². The van der Waals surface area contributed by atoms with Crippen molar-refractivity contribution in [1.82, 2.24) is 10.2 Å². The number of carbonyl (C=O) groups is 2. The van der Waals surface area contributed by atoms with Gasteiger partial charge in [0.05, 0.1) is 22.0 Å². The number of rotatable bonds is 12. The first-order valence-corrected chi connectivity index (χ1v) is 16.3. The molecular weight excluding hydrogens is 684 g/mol. The number of amides is 2. The Labute approximate surface area is 260 Å². The second kappa shape index (κ2) is 14.5. The maximum absolute atomic E-state index is 14.1. The fraction of sp³-hybridized carbons (Fsp3) is 0.310. The zero-order chi connectivity index (χ0) is 29.4. The molecule has 2 amide bonds. The molecule has 0 heterocycles. The molecule has 3 aromatic carbocycles. The van der Waals surface area contributed by atoms with Crippen LogP contribution in [0, 0.1) is 9.49 Å². The van der Waals surface area contributed by atoms with E-state index in [1.807, 2.05) is 44.2 Å². The number of halogens is 3. The number of carbonyl (C=O) groups excluding carboxylic acids is 2. The maximum Gasteiger partial charge on any atom is 0.244 e. The van der Waals surface area contributed by atoms with Crippen LogP contribution in [0.3, 0.4) is 0 Å².